The second-order valence-corrected chi connectivity index (χ2v) is 11.7. The number of aryl methyl sites for hydroxylation is 1. The van der Waals surface area contributed by atoms with Crippen LogP contribution in [0.25, 0.3) is 17.2 Å². The molecule has 10 nitrogen and oxygen atoms in total. The minimum Gasteiger partial charge on any atom is -0.748 e. The minimum atomic E-state index is -4.35. The molecule has 4 rings (SSSR count). The van der Waals surface area contributed by atoms with Gasteiger partial charge in [-0.15, -0.1) is 0 Å². The topological polar surface area (TPSA) is 128 Å². The minimum absolute atomic E-state index is 0.118. The molecule has 0 aliphatic carbocycles. The Morgan fingerprint density at radius 3 is 2.69 bits per heavy atom. The van der Waals surface area contributed by atoms with Gasteiger partial charge in [0, 0.05) is 58.7 Å². The monoisotopic (exact) mass is 615 g/mol. The summed E-state index contributed by atoms with van der Waals surface area (Å²) in [5.74, 6) is 1.64. The summed E-state index contributed by atoms with van der Waals surface area (Å²) < 4.78 is 52.1. The Kier molecular flexibility index (Phi) is 10.2. The van der Waals surface area contributed by atoms with Crippen LogP contribution in [0.15, 0.2) is 58.3 Å². The van der Waals surface area contributed by atoms with E-state index in [1.54, 1.807) is 35.2 Å². The number of hydrogen-bond donors (Lipinski definition) is 0. The van der Waals surface area contributed by atoms with Gasteiger partial charge in [0.1, 0.15) is 0 Å². The Morgan fingerprint density at radius 2 is 1.95 bits per heavy atom. The van der Waals surface area contributed by atoms with Crippen molar-refractivity contribution in [2.75, 3.05) is 23.0 Å². The molecule has 0 fully saturated rings. The second-order valence-electron chi connectivity index (χ2n) is 8.55. The fourth-order valence-corrected chi connectivity index (χ4v) is 5.29. The molecule has 1 aromatic heterocycles. The molecule has 2 aromatic carbocycles. The summed E-state index contributed by atoms with van der Waals surface area (Å²) in [6.45, 7) is 2.78. The molecule has 0 radical (unpaired) electrons. The molecule has 14 heteroatoms. The highest BCUT2D eigenvalue weighted by Crippen LogP contribution is 2.41. The van der Waals surface area contributed by atoms with Gasteiger partial charge in [-0.25, -0.2) is 8.42 Å². The molecule has 0 spiro atoms. The van der Waals surface area contributed by atoms with E-state index in [0.717, 1.165) is 23.1 Å². The number of ether oxygens (including phenoxy) is 1. The normalized spacial score (nSPS) is 14.8. The number of rotatable bonds is 13. The van der Waals surface area contributed by atoms with Gasteiger partial charge in [-0.1, -0.05) is 30.1 Å². The molecule has 3 aromatic rings. The molecule has 0 unspecified atom stereocenters. The lowest BCUT2D eigenvalue weighted by molar-refractivity contribution is -0.777. The molecule has 2 heterocycles. The van der Waals surface area contributed by atoms with Crippen molar-refractivity contribution in [2.45, 2.75) is 32.7 Å². The van der Waals surface area contributed by atoms with E-state index in [4.69, 9.17) is 32.4 Å². The Balaban J connectivity index is 1.67. The molecule has 0 N–H and O–H groups in total. The van der Waals surface area contributed by atoms with Crippen molar-refractivity contribution in [1.82, 2.24) is 0 Å². The standard InChI is InChI=1S/C25H26Cl2N2O8S2/c1-2-17(13-24-28(9-3-11-38-37-36-30)20-15-18(26)5-7-22(20)34-24)14-25-29(10-4-12-39(31,32)33)21-16-19(27)6-8-23(21)35-25/h5-8,13-16H,2-4,9-12H2,1H3,(H-,30,31,32,33)/p-1. The van der Waals surface area contributed by atoms with Crippen molar-refractivity contribution in [3.05, 3.63) is 69.9 Å². The highest BCUT2D eigenvalue weighted by Gasteiger charge is 2.27. The molecule has 1 aliphatic rings. The zero-order valence-electron chi connectivity index (χ0n) is 20.8. The summed E-state index contributed by atoms with van der Waals surface area (Å²) in [6.07, 6.45) is 5.13. The number of nitrogens with zero attached hydrogens (tertiary/aromatic N) is 2. The van der Waals surface area contributed by atoms with E-state index in [2.05, 4.69) is 9.37 Å². The van der Waals surface area contributed by atoms with Crippen LogP contribution in [-0.2, 0) is 26.0 Å². The molecule has 210 valence electrons. The van der Waals surface area contributed by atoms with E-state index in [9.17, 15) is 18.2 Å². The van der Waals surface area contributed by atoms with Gasteiger partial charge in [0.25, 0.3) is 5.52 Å². The van der Waals surface area contributed by atoms with Crippen molar-refractivity contribution in [1.29, 1.82) is 0 Å². The van der Waals surface area contributed by atoms with Crippen LogP contribution < -0.4 is 19.5 Å². The summed E-state index contributed by atoms with van der Waals surface area (Å²) >= 11 is 13.4. The van der Waals surface area contributed by atoms with Gasteiger partial charge >= 0.3 is 5.89 Å². The predicted octanol–water partition coefficient (Wildman–Crippen LogP) is 4.76. The number of aromatic nitrogens is 1. The third kappa shape index (κ3) is 7.89. The number of oxazole rings is 1. The van der Waals surface area contributed by atoms with Crippen LogP contribution in [0.5, 0.6) is 5.75 Å². The number of halogens is 2. The SMILES string of the molecule is CC/C(C=C1Oc2ccc(Cl)cc2N1CCCS(=O)(=O)[O-])=C\c1oc2ccc(Cl)cc2[n+]1CCCSOO[O-]. The zero-order chi connectivity index (χ0) is 28.0. The average Bonchev–Trinajstić information content (AvgIpc) is 3.39. The number of fused-ring (bicyclic) bond motifs is 2. The molecule has 0 saturated carbocycles. The van der Waals surface area contributed by atoms with Gasteiger partial charge in [-0.05, 0) is 48.7 Å². The van der Waals surface area contributed by atoms with E-state index in [-0.39, 0.29) is 13.0 Å². The summed E-state index contributed by atoms with van der Waals surface area (Å²) in [6, 6.07) is 10.5. The third-order valence-corrected chi connectivity index (χ3v) is 7.74. The van der Waals surface area contributed by atoms with Crippen molar-refractivity contribution in [2.24, 2.45) is 0 Å². The summed E-state index contributed by atoms with van der Waals surface area (Å²) in [5.41, 5.74) is 3.01. The van der Waals surface area contributed by atoms with Gasteiger partial charge in [-0.2, -0.15) is 8.90 Å². The van der Waals surface area contributed by atoms with Crippen LogP contribution >= 0.6 is 35.2 Å². The van der Waals surface area contributed by atoms with E-state index in [1.807, 2.05) is 29.7 Å². The molecule has 39 heavy (non-hydrogen) atoms. The number of allylic oxidation sites excluding steroid dienone is 2. The highest BCUT2D eigenvalue weighted by atomic mass is 35.5. The lowest BCUT2D eigenvalue weighted by atomic mass is 10.1. The number of benzene rings is 2. The maximum absolute atomic E-state index is 11.2. The van der Waals surface area contributed by atoms with Crippen LogP contribution in [-0.4, -0.2) is 31.0 Å². The number of anilines is 1. The number of hydrogen-bond acceptors (Lipinski definition) is 10. The predicted molar refractivity (Wildman–Crippen MR) is 146 cm³/mol. The van der Waals surface area contributed by atoms with Gasteiger partial charge in [0.05, 0.1) is 21.9 Å². The van der Waals surface area contributed by atoms with Crippen molar-refractivity contribution in [3.8, 4) is 5.75 Å². The fourth-order valence-electron chi connectivity index (χ4n) is 4.12. The zero-order valence-corrected chi connectivity index (χ0v) is 23.9. The van der Waals surface area contributed by atoms with E-state index >= 15 is 0 Å². The molecule has 0 bridgehead atoms. The van der Waals surface area contributed by atoms with Gasteiger partial charge < -0.3 is 23.9 Å². The Morgan fingerprint density at radius 1 is 1.18 bits per heavy atom. The first kappa shape index (κ1) is 29.7. The maximum atomic E-state index is 11.2. The molecule has 1 aliphatic heterocycles. The molecular formula is C25H25Cl2N2O8S2-. The fraction of sp³-hybridized carbons (Fsp3) is 0.320. The lowest BCUT2D eigenvalue weighted by Crippen LogP contribution is -2.35. The smallest absolute Gasteiger partial charge is 0.374 e. The van der Waals surface area contributed by atoms with Gasteiger partial charge in [0.2, 0.25) is 11.5 Å². The molecule has 0 saturated heterocycles. The Labute approximate surface area is 240 Å². The Bertz CT molecular complexity index is 1490. The van der Waals surface area contributed by atoms with Crippen LogP contribution in [0.2, 0.25) is 10.0 Å². The molecular weight excluding hydrogens is 591 g/mol. The van der Waals surface area contributed by atoms with Gasteiger partial charge in [0.15, 0.2) is 12.3 Å². The van der Waals surface area contributed by atoms with Gasteiger partial charge in [-0.3, -0.25) is 5.04 Å². The second kappa shape index (κ2) is 13.4. The summed E-state index contributed by atoms with van der Waals surface area (Å²) in [4.78, 5) is 1.80. The first-order valence-corrected chi connectivity index (χ1v) is 15.2. The quantitative estimate of drug-likeness (QED) is 0.0662. The van der Waals surface area contributed by atoms with E-state index in [0.29, 0.717) is 64.0 Å². The Hall–Kier alpha value is -2.29. The van der Waals surface area contributed by atoms with E-state index in [1.165, 1.54) is 0 Å². The average molecular weight is 617 g/mol. The van der Waals surface area contributed by atoms with Crippen molar-refractivity contribution < 1.29 is 41.3 Å². The summed E-state index contributed by atoms with van der Waals surface area (Å²) in [7, 11) is -4.35. The van der Waals surface area contributed by atoms with Crippen molar-refractivity contribution >= 4 is 68.2 Å². The van der Waals surface area contributed by atoms with Crippen LogP contribution in [0.1, 0.15) is 32.1 Å². The highest BCUT2D eigenvalue weighted by molar-refractivity contribution is 7.94. The largest absolute Gasteiger partial charge is 0.748 e. The first-order valence-electron chi connectivity index (χ1n) is 12.0. The molecule has 0 atom stereocenters. The van der Waals surface area contributed by atoms with E-state index < -0.39 is 15.9 Å². The summed E-state index contributed by atoms with van der Waals surface area (Å²) in [5, 5.41) is 14.5. The molecule has 0 amide bonds. The van der Waals surface area contributed by atoms with Crippen LogP contribution in [0.3, 0.4) is 0 Å². The maximum Gasteiger partial charge on any atom is 0.374 e. The van der Waals surface area contributed by atoms with Crippen LogP contribution in [0.4, 0.5) is 5.69 Å². The van der Waals surface area contributed by atoms with Crippen LogP contribution in [0, 0.1) is 0 Å². The first-order chi connectivity index (χ1) is 18.7. The third-order valence-electron chi connectivity index (χ3n) is 5.87. The van der Waals surface area contributed by atoms with Crippen molar-refractivity contribution in [3.63, 3.8) is 0 Å². The lowest BCUT2D eigenvalue weighted by Gasteiger charge is -2.19.